The standard InChI is InChI=1S/C20H34N4O2/c1-5-21-20(23-15-17-9-8-12-24(17)6-2)22-14-16-10-11-18(26-7-3)19(13-16)25-4/h10-11,13,17H,5-9,12,14-15H2,1-4H3,(H2,21,22,23). The van der Waals surface area contributed by atoms with Gasteiger partial charge in [0.15, 0.2) is 17.5 Å². The van der Waals surface area contributed by atoms with E-state index in [9.17, 15) is 0 Å². The number of benzene rings is 1. The number of rotatable bonds is 9. The molecule has 1 unspecified atom stereocenters. The van der Waals surface area contributed by atoms with Crippen LogP contribution in [0.5, 0.6) is 11.5 Å². The van der Waals surface area contributed by atoms with Crippen molar-refractivity contribution < 1.29 is 9.47 Å². The molecule has 0 saturated carbocycles. The van der Waals surface area contributed by atoms with Crippen molar-refractivity contribution in [3.05, 3.63) is 23.8 Å². The molecular formula is C20H34N4O2. The summed E-state index contributed by atoms with van der Waals surface area (Å²) in [5.41, 5.74) is 1.10. The van der Waals surface area contributed by atoms with E-state index in [1.807, 2.05) is 25.1 Å². The van der Waals surface area contributed by atoms with Crippen molar-refractivity contribution in [1.29, 1.82) is 0 Å². The molecule has 1 aromatic rings. The van der Waals surface area contributed by atoms with Gasteiger partial charge in [0.25, 0.3) is 0 Å². The van der Waals surface area contributed by atoms with Crippen molar-refractivity contribution in [2.75, 3.05) is 39.9 Å². The second kappa shape index (κ2) is 10.9. The molecule has 2 N–H and O–H groups in total. The molecule has 1 aromatic carbocycles. The zero-order valence-electron chi connectivity index (χ0n) is 16.7. The first-order valence-electron chi connectivity index (χ1n) is 9.77. The molecule has 146 valence electrons. The fourth-order valence-electron chi connectivity index (χ4n) is 3.35. The van der Waals surface area contributed by atoms with Crippen LogP contribution in [-0.4, -0.2) is 56.8 Å². The van der Waals surface area contributed by atoms with Gasteiger partial charge >= 0.3 is 0 Å². The van der Waals surface area contributed by atoms with Crippen LogP contribution in [0.15, 0.2) is 23.2 Å². The summed E-state index contributed by atoms with van der Waals surface area (Å²) >= 11 is 0. The third kappa shape index (κ3) is 5.80. The molecule has 26 heavy (non-hydrogen) atoms. The fourth-order valence-corrected chi connectivity index (χ4v) is 3.35. The third-order valence-corrected chi connectivity index (χ3v) is 4.70. The van der Waals surface area contributed by atoms with Gasteiger partial charge in [-0.05, 0) is 57.5 Å². The molecular weight excluding hydrogens is 328 g/mol. The SMILES string of the molecule is CCNC(=NCc1ccc(OCC)c(OC)c1)NCC1CCCN1CC. The zero-order chi connectivity index (χ0) is 18.8. The van der Waals surface area contributed by atoms with Crippen molar-refractivity contribution in [2.45, 2.75) is 46.2 Å². The molecule has 1 aliphatic rings. The largest absolute Gasteiger partial charge is 0.493 e. The van der Waals surface area contributed by atoms with Crippen molar-refractivity contribution in [3.8, 4) is 11.5 Å². The minimum atomic E-state index is 0.597. The topological polar surface area (TPSA) is 58.1 Å². The third-order valence-electron chi connectivity index (χ3n) is 4.70. The average Bonchev–Trinajstić information content (AvgIpc) is 3.12. The number of nitrogens with one attached hydrogen (secondary N) is 2. The van der Waals surface area contributed by atoms with Crippen LogP contribution >= 0.6 is 0 Å². The van der Waals surface area contributed by atoms with Crippen LogP contribution in [0.2, 0.25) is 0 Å². The molecule has 0 bridgehead atoms. The lowest BCUT2D eigenvalue weighted by Crippen LogP contribution is -2.44. The van der Waals surface area contributed by atoms with E-state index in [2.05, 4.69) is 29.4 Å². The molecule has 1 atom stereocenters. The first-order valence-corrected chi connectivity index (χ1v) is 9.77. The number of ether oxygens (including phenoxy) is 2. The number of methoxy groups -OCH3 is 1. The van der Waals surface area contributed by atoms with E-state index < -0.39 is 0 Å². The molecule has 6 nitrogen and oxygen atoms in total. The first kappa shape index (κ1) is 20.4. The summed E-state index contributed by atoms with van der Waals surface area (Å²) in [6, 6.07) is 6.59. The number of guanidine groups is 1. The van der Waals surface area contributed by atoms with Gasteiger partial charge in [0.1, 0.15) is 0 Å². The quantitative estimate of drug-likeness (QED) is 0.522. The van der Waals surface area contributed by atoms with Gasteiger partial charge in [-0.25, -0.2) is 4.99 Å². The summed E-state index contributed by atoms with van der Waals surface area (Å²) in [5, 5.41) is 6.83. The average molecular weight is 363 g/mol. The second-order valence-electron chi connectivity index (χ2n) is 6.42. The summed E-state index contributed by atoms with van der Waals surface area (Å²) in [5.74, 6) is 2.39. The summed E-state index contributed by atoms with van der Waals surface area (Å²) in [6.45, 7) is 11.6. The maximum Gasteiger partial charge on any atom is 0.191 e. The second-order valence-corrected chi connectivity index (χ2v) is 6.42. The Hall–Kier alpha value is -1.95. The molecule has 2 rings (SSSR count). The van der Waals surface area contributed by atoms with Gasteiger partial charge in [-0.3, -0.25) is 4.90 Å². The number of likely N-dealkylation sites (N-methyl/N-ethyl adjacent to an activating group) is 1. The lowest BCUT2D eigenvalue weighted by atomic mass is 10.2. The Morgan fingerprint density at radius 1 is 1.23 bits per heavy atom. The predicted octanol–water partition coefficient (Wildman–Crippen LogP) is 2.63. The van der Waals surface area contributed by atoms with E-state index in [-0.39, 0.29) is 0 Å². The van der Waals surface area contributed by atoms with Gasteiger partial charge in [0.2, 0.25) is 0 Å². The zero-order valence-corrected chi connectivity index (χ0v) is 16.7. The minimum Gasteiger partial charge on any atom is -0.493 e. The van der Waals surface area contributed by atoms with E-state index in [0.29, 0.717) is 19.2 Å². The maximum absolute atomic E-state index is 5.57. The molecule has 0 spiro atoms. The van der Waals surface area contributed by atoms with E-state index >= 15 is 0 Å². The Bertz CT molecular complexity index is 577. The summed E-state index contributed by atoms with van der Waals surface area (Å²) in [6.07, 6.45) is 2.55. The van der Waals surface area contributed by atoms with E-state index in [4.69, 9.17) is 14.5 Å². The van der Waals surface area contributed by atoms with Crippen LogP contribution < -0.4 is 20.1 Å². The Balaban J connectivity index is 1.97. The highest BCUT2D eigenvalue weighted by molar-refractivity contribution is 5.79. The van der Waals surface area contributed by atoms with E-state index in [0.717, 1.165) is 42.7 Å². The van der Waals surface area contributed by atoms with Crippen LogP contribution in [0, 0.1) is 0 Å². The van der Waals surface area contributed by atoms with Crippen molar-refractivity contribution in [3.63, 3.8) is 0 Å². The van der Waals surface area contributed by atoms with E-state index in [1.165, 1.54) is 19.4 Å². The molecule has 1 saturated heterocycles. The smallest absolute Gasteiger partial charge is 0.191 e. The van der Waals surface area contributed by atoms with Crippen molar-refractivity contribution in [2.24, 2.45) is 4.99 Å². The highest BCUT2D eigenvalue weighted by Gasteiger charge is 2.22. The summed E-state index contributed by atoms with van der Waals surface area (Å²) in [4.78, 5) is 7.26. The molecule has 1 fully saturated rings. The monoisotopic (exact) mass is 362 g/mol. The lowest BCUT2D eigenvalue weighted by Gasteiger charge is -2.24. The van der Waals surface area contributed by atoms with Crippen LogP contribution in [0.25, 0.3) is 0 Å². The molecule has 0 aromatic heterocycles. The highest BCUT2D eigenvalue weighted by Crippen LogP contribution is 2.28. The van der Waals surface area contributed by atoms with Crippen LogP contribution in [-0.2, 0) is 6.54 Å². The summed E-state index contributed by atoms with van der Waals surface area (Å²) in [7, 11) is 1.66. The van der Waals surface area contributed by atoms with Gasteiger partial charge in [0.05, 0.1) is 20.3 Å². The Morgan fingerprint density at radius 2 is 2.08 bits per heavy atom. The predicted molar refractivity (Wildman–Crippen MR) is 107 cm³/mol. The molecule has 1 heterocycles. The van der Waals surface area contributed by atoms with Gasteiger partial charge in [0, 0.05) is 19.1 Å². The van der Waals surface area contributed by atoms with E-state index in [1.54, 1.807) is 7.11 Å². The maximum atomic E-state index is 5.57. The number of nitrogens with zero attached hydrogens (tertiary/aromatic N) is 2. The molecule has 0 amide bonds. The number of hydrogen-bond donors (Lipinski definition) is 2. The minimum absolute atomic E-state index is 0.597. The Kier molecular flexibility index (Phi) is 8.54. The van der Waals surface area contributed by atoms with Gasteiger partial charge < -0.3 is 20.1 Å². The number of likely N-dealkylation sites (tertiary alicyclic amines) is 1. The molecule has 6 heteroatoms. The Labute approximate surface area is 158 Å². The molecule has 0 aliphatic carbocycles. The van der Waals surface area contributed by atoms with Gasteiger partial charge in [-0.2, -0.15) is 0 Å². The molecule has 0 radical (unpaired) electrons. The first-order chi connectivity index (χ1) is 12.7. The van der Waals surface area contributed by atoms with Crippen molar-refractivity contribution >= 4 is 5.96 Å². The lowest BCUT2D eigenvalue weighted by molar-refractivity contribution is 0.267. The summed E-state index contributed by atoms with van der Waals surface area (Å²) < 4.78 is 11.0. The van der Waals surface area contributed by atoms with Crippen LogP contribution in [0.3, 0.4) is 0 Å². The van der Waals surface area contributed by atoms with Crippen LogP contribution in [0.1, 0.15) is 39.2 Å². The fraction of sp³-hybridized carbons (Fsp3) is 0.650. The number of hydrogen-bond acceptors (Lipinski definition) is 4. The highest BCUT2D eigenvalue weighted by atomic mass is 16.5. The van der Waals surface area contributed by atoms with Gasteiger partial charge in [-0.15, -0.1) is 0 Å². The van der Waals surface area contributed by atoms with Crippen LogP contribution in [0.4, 0.5) is 0 Å². The molecule has 1 aliphatic heterocycles. The van der Waals surface area contributed by atoms with Gasteiger partial charge in [-0.1, -0.05) is 13.0 Å². The Morgan fingerprint density at radius 3 is 2.77 bits per heavy atom. The number of aliphatic imine (C=N–C) groups is 1. The normalized spacial score (nSPS) is 18.0. The van der Waals surface area contributed by atoms with Crippen molar-refractivity contribution in [1.82, 2.24) is 15.5 Å².